The van der Waals surface area contributed by atoms with Crippen LogP contribution in [0.25, 0.3) is 0 Å². The number of anilines is 2. The molecule has 0 fully saturated rings. The summed E-state index contributed by atoms with van der Waals surface area (Å²) < 4.78 is 11.0. The Kier molecular flexibility index (Phi) is 7.91. The van der Waals surface area contributed by atoms with Crippen LogP contribution in [0.1, 0.15) is 48.0 Å². The zero-order chi connectivity index (χ0) is 25.9. The first-order chi connectivity index (χ1) is 17.2. The van der Waals surface area contributed by atoms with Crippen LogP contribution in [0.2, 0.25) is 5.02 Å². The van der Waals surface area contributed by atoms with E-state index in [-0.39, 0.29) is 23.8 Å². The third-order valence-electron chi connectivity index (χ3n) is 6.51. The van der Waals surface area contributed by atoms with Crippen LogP contribution >= 0.6 is 22.9 Å². The van der Waals surface area contributed by atoms with Gasteiger partial charge < -0.3 is 20.1 Å². The van der Waals surface area contributed by atoms with E-state index in [4.69, 9.17) is 21.1 Å². The molecule has 3 aromatic rings. The van der Waals surface area contributed by atoms with E-state index in [0.29, 0.717) is 38.7 Å². The number of carbonyl (C=O) groups is 2. The SMILES string of the molecule is COc1ccccc1NC(=O)c1c(NC(=O)COc2ccc(Cl)cc2)sc2c1CCC(C(C)(C)C)C2. The minimum absolute atomic E-state index is 0.164. The minimum atomic E-state index is -0.331. The second-order valence-corrected chi connectivity index (χ2v) is 11.5. The fourth-order valence-electron chi connectivity index (χ4n) is 4.43. The van der Waals surface area contributed by atoms with E-state index < -0.39 is 0 Å². The van der Waals surface area contributed by atoms with E-state index in [1.165, 1.54) is 11.3 Å². The van der Waals surface area contributed by atoms with Gasteiger partial charge in [0, 0.05) is 9.90 Å². The summed E-state index contributed by atoms with van der Waals surface area (Å²) in [4.78, 5) is 27.5. The van der Waals surface area contributed by atoms with E-state index in [9.17, 15) is 9.59 Å². The number of ether oxygens (including phenoxy) is 2. The number of amides is 2. The lowest BCUT2D eigenvalue weighted by atomic mass is 9.72. The summed E-state index contributed by atoms with van der Waals surface area (Å²) in [5.41, 5.74) is 2.28. The normalized spacial score (nSPS) is 15.1. The second-order valence-electron chi connectivity index (χ2n) is 9.96. The lowest BCUT2D eigenvalue weighted by molar-refractivity contribution is -0.118. The smallest absolute Gasteiger partial charge is 0.262 e. The van der Waals surface area contributed by atoms with Crippen molar-refractivity contribution in [3.8, 4) is 11.5 Å². The Morgan fingerprint density at radius 1 is 1.08 bits per heavy atom. The fraction of sp³-hybridized carbons (Fsp3) is 0.357. The van der Waals surface area contributed by atoms with Gasteiger partial charge in [0.1, 0.15) is 16.5 Å². The molecule has 8 heteroatoms. The van der Waals surface area contributed by atoms with E-state index >= 15 is 0 Å². The van der Waals surface area contributed by atoms with Crippen molar-refractivity contribution in [1.29, 1.82) is 0 Å². The van der Waals surface area contributed by atoms with Crippen molar-refractivity contribution in [2.75, 3.05) is 24.4 Å². The Labute approximate surface area is 221 Å². The van der Waals surface area contributed by atoms with Crippen molar-refractivity contribution >= 4 is 45.4 Å². The topological polar surface area (TPSA) is 76.7 Å². The molecule has 2 aromatic carbocycles. The predicted molar refractivity (Wildman–Crippen MR) is 146 cm³/mol. The predicted octanol–water partition coefficient (Wildman–Crippen LogP) is 6.83. The van der Waals surface area contributed by atoms with Gasteiger partial charge in [-0.05, 0) is 72.6 Å². The Balaban J connectivity index is 1.58. The van der Waals surface area contributed by atoms with Crippen LogP contribution in [0, 0.1) is 11.3 Å². The number of rotatable bonds is 7. The number of carbonyl (C=O) groups excluding carboxylic acids is 2. The van der Waals surface area contributed by atoms with Crippen LogP contribution in [0.4, 0.5) is 10.7 Å². The highest BCUT2D eigenvalue weighted by molar-refractivity contribution is 7.17. The number of para-hydroxylation sites is 2. The summed E-state index contributed by atoms with van der Waals surface area (Å²) in [6, 6.07) is 14.1. The van der Waals surface area contributed by atoms with Crippen molar-refractivity contribution in [3.63, 3.8) is 0 Å². The van der Waals surface area contributed by atoms with Crippen LogP contribution in [-0.4, -0.2) is 25.5 Å². The van der Waals surface area contributed by atoms with Gasteiger partial charge in [-0.15, -0.1) is 11.3 Å². The average Bonchev–Trinajstić information content (AvgIpc) is 3.20. The molecule has 0 bridgehead atoms. The molecule has 6 nitrogen and oxygen atoms in total. The highest BCUT2D eigenvalue weighted by Gasteiger charge is 2.34. The van der Waals surface area contributed by atoms with E-state index in [1.807, 2.05) is 12.1 Å². The lowest BCUT2D eigenvalue weighted by Gasteiger charge is -2.33. The zero-order valence-corrected chi connectivity index (χ0v) is 22.5. The van der Waals surface area contributed by atoms with E-state index in [1.54, 1.807) is 43.5 Å². The van der Waals surface area contributed by atoms with Gasteiger partial charge in [-0.2, -0.15) is 0 Å². The van der Waals surface area contributed by atoms with Gasteiger partial charge in [-0.3, -0.25) is 9.59 Å². The van der Waals surface area contributed by atoms with Gasteiger partial charge >= 0.3 is 0 Å². The van der Waals surface area contributed by atoms with Gasteiger partial charge in [0.25, 0.3) is 11.8 Å². The van der Waals surface area contributed by atoms with Crippen LogP contribution in [0.5, 0.6) is 11.5 Å². The molecule has 36 heavy (non-hydrogen) atoms. The van der Waals surface area contributed by atoms with Crippen LogP contribution in [0.15, 0.2) is 48.5 Å². The highest BCUT2D eigenvalue weighted by Crippen LogP contribution is 2.44. The molecule has 0 saturated carbocycles. The molecule has 4 rings (SSSR count). The number of halogens is 1. The van der Waals surface area contributed by atoms with Crippen molar-refractivity contribution in [3.05, 3.63) is 69.6 Å². The van der Waals surface area contributed by atoms with Crippen LogP contribution < -0.4 is 20.1 Å². The number of fused-ring (bicyclic) bond motifs is 1. The quantitative estimate of drug-likeness (QED) is 0.353. The first-order valence-electron chi connectivity index (χ1n) is 11.9. The Hall–Kier alpha value is -3.03. The third-order valence-corrected chi connectivity index (χ3v) is 7.93. The first-order valence-corrected chi connectivity index (χ1v) is 13.1. The number of hydrogen-bond acceptors (Lipinski definition) is 5. The summed E-state index contributed by atoms with van der Waals surface area (Å²) in [5, 5.41) is 7.06. The average molecular weight is 527 g/mol. The molecule has 1 aliphatic rings. The highest BCUT2D eigenvalue weighted by atomic mass is 35.5. The van der Waals surface area contributed by atoms with Crippen molar-refractivity contribution in [2.24, 2.45) is 11.3 Å². The summed E-state index contributed by atoms with van der Waals surface area (Å²) >= 11 is 7.40. The maximum Gasteiger partial charge on any atom is 0.262 e. The third kappa shape index (κ3) is 6.02. The zero-order valence-electron chi connectivity index (χ0n) is 20.9. The van der Waals surface area contributed by atoms with Gasteiger partial charge in [-0.25, -0.2) is 0 Å². The molecular formula is C28H31ClN2O4S. The van der Waals surface area contributed by atoms with Gasteiger partial charge in [0.15, 0.2) is 6.61 Å². The summed E-state index contributed by atoms with van der Waals surface area (Å²) in [7, 11) is 1.57. The molecule has 0 radical (unpaired) electrons. The second kappa shape index (κ2) is 10.9. The van der Waals surface area contributed by atoms with Crippen molar-refractivity contribution in [1.82, 2.24) is 0 Å². The molecule has 1 unspecified atom stereocenters. The molecule has 2 N–H and O–H groups in total. The minimum Gasteiger partial charge on any atom is -0.495 e. The molecule has 1 atom stereocenters. The Morgan fingerprint density at radius 3 is 2.50 bits per heavy atom. The molecule has 1 aromatic heterocycles. The molecule has 0 saturated heterocycles. The number of thiophene rings is 1. The molecular weight excluding hydrogens is 496 g/mol. The summed E-state index contributed by atoms with van der Waals surface area (Å²) in [6.45, 7) is 6.58. The van der Waals surface area contributed by atoms with Crippen LogP contribution in [-0.2, 0) is 17.6 Å². The molecule has 1 heterocycles. The molecule has 0 spiro atoms. The maximum atomic E-state index is 13.6. The van der Waals surface area contributed by atoms with Gasteiger partial charge in [-0.1, -0.05) is 44.5 Å². The van der Waals surface area contributed by atoms with E-state index in [2.05, 4.69) is 31.4 Å². The Morgan fingerprint density at radius 2 is 1.81 bits per heavy atom. The van der Waals surface area contributed by atoms with Crippen LogP contribution in [0.3, 0.4) is 0 Å². The number of methoxy groups -OCH3 is 1. The van der Waals surface area contributed by atoms with Crippen molar-refractivity contribution < 1.29 is 19.1 Å². The van der Waals surface area contributed by atoms with Crippen molar-refractivity contribution in [2.45, 2.75) is 40.0 Å². The lowest BCUT2D eigenvalue weighted by Crippen LogP contribution is -2.27. The maximum absolute atomic E-state index is 13.6. The van der Waals surface area contributed by atoms with Gasteiger partial charge in [0.2, 0.25) is 0 Å². The fourth-order valence-corrected chi connectivity index (χ4v) is 5.90. The van der Waals surface area contributed by atoms with Gasteiger partial charge in [0.05, 0.1) is 18.4 Å². The number of nitrogens with one attached hydrogen (secondary N) is 2. The summed E-state index contributed by atoms with van der Waals surface area (Å²) in [5.74, 6) is 1.03. The number of hydrogen-bond donors (Lipinski definition) is 2. The first kappa shape index (κ1) is 26.0. The summed E-state index contributed by atoms with van der Waals surface area (Å²) in [6.07, 6.45) is 2.67. The standard InChI is InChI=1S/C28H31ClN2O4S/c1-28(2,3)17-9-14-20-23(15-17)36-27(31-24(32)16-35-19-12-10-18(29)11-13-19)25(20)26(33)30-21-7-5-6-8-22(21)34-4/h5-8,10-13,17H,9,14-16H2,1-4H3,(H,30,33)(H,31,32). The molecule has 1 aliphatic carbocycles. The Bertz CT molecular complexity index is 1250. The molecule has 190 valence electrons. The van der Waals surface area contributed by atoms with E-state index in [0.717, 1.165) is 29.7 Å². The largest absolute Gasteiger partial charge is 0.495 e. The molecule has 0 aliphatic heterocycles. The molecule has 2 amide bonds. The monoisotopic (exact) mass is 526 g/mol. The number of benzene rings is 2.